The van der Waals surface area contributed by atoms with Crippen LogP contribution in [0.1, 0.15) is 61.2 Å². The second-order valence-corrected chi connectivity index (χ2v) is 9.62. The fraction of sp³-hybridized carbons (Fsp3) is 0.423. The second-order valence-electron chi connectivity index (χ2n) is 9.62. The van der Waals surface area contributed by atoms with Gasteiger partial charge in [0.25, 0.3) is 5.92 Å². The van der Waals surface area contributed by atoms with E-state index in [-0.39, 0.29) is 23.4 Å². The fourth-order valence-corrected chi connectivity index (χ4v) is 5.02. The van der Waals surface area contributed by atoms with Crippen molar-refractivity contribution in [1.82, 2.24) is 29.5 Å². The van der Waals surface area contributed by atoms with Crippen LogP contribution in [0.3, 0.4) is 0 Å². The Balaban J connectivity index is 1.54. The molecule has 4 aromatic rings. The van der Waals surface area contributed by atoms with Gasteiger partial charge in [0.2, 0.25) is 5.91 Å². The normalized spacial score (nSPS) is 15.9. The van der Waals surface area contributed by atoms with Crippen LogP contribution in [0, 0.1) is 6.92 Å². The first-order valence-corrected chi connectivity index (χ1v) is 12.3. The molecule has 2 N–H and O–H groups in total. The number of nitrogens with one attached hydrogen (secondary N) is 1. The summed E-state index contributed by atoms with van der Waals surface area (Å²) in [6.45, 7) is 5.36. The first kappa shape index (κ1) is 24.9. The average molecular weight is 510 g/mol. The molecule has 11 heteroatoms. The molecule has 0 aliphatic carbocycles. The number of benzene rings is 1. The number of amides is 1. The van der Waals surface area contributed by atoms with Crippen LogP contribution in [-0.2, 0) is 10.7 Å². The van der Waals surface area contributed by atoms with E-state index in [0.717, 1.165) is 29.4 Å². The Labute approximate surface area is 212 Å². The number of hydrogen-bond acceptors (Lipinski definition) is 7. The number of piperidine rings is 1. The SMILES string of the molecule is CC(=O)N1CCC(c2cc3c(N[C@H](C)c4cccc(C(F)(F)CO)c4)nc(C)nc3n3cnnc23)CC1. The van der Waals surface area contributed by atoms with Gasteiger partial charge in [0.05, 0.1) is 5.39 Å². The van der Waals surface area contributed by atoms with E-state index in [9.17, 15) is 13.6 Å². The number of aliphatic hydroxyl groups excluding tert-OH is 1. The van der Waals surface area contributed by atoms with E-state index in [0.29, 0.717) is 35.9 Å². The molecule has 3 aromatic heterocycles. The first-order valence-electron chi connectivity index (χ1n) is 12.3. The minimum Gasteiger partial charge on any atom is -0.390 e. The van der Waals surface area contributed by atoms with Crippen molar-refractivity contribution < 1.29 is 18.7 Å². The van der Waals surface area contributed by atoms with Gasteiger partial charge in [0, 0.05) is 37.2 Å². The van der Waals surface area contributed by atoms with E-state index < -0.39 is 12.5 Å². The molecule has 194 valence electrons. The molecular formula is C26H29F2N7O2. The largest absolute Gasteiger partial charge is 0.390 e. The molecule has 37 heavy (non-hydrogen) atoms. The third kappa shape index (κ3) is 4.71. The molecule has 0 spiro atoms. The molecule has 1 amide bonds. The summed E-state index contributed by atoms with van der Waals surface area (Å²) in [4.78, 5) is 23.0. The van der Waals surface area contributed by atoms with E-state index in [1.54, 1.807) is 32.3 Å². The molecule has 1 fully saturated rings. The Morgan fingerprint density at radius 2 is 1.97 bits per heavy atom. The van der Waals surface area contributed by atoms with Gasteiger partial charge in [-0.3, -0.25) is 9.20 Å². The molecule has 5 rings (SSSR count). The highest BCUT2D eigenvalue weighted by atomic mass is 19.3. The molecule has 1 saturated heterocycles. The standard InChI is InChI=1S/C26H29F2N7O2/c1-15(19-5-4-6-20(11-19)26(27,28)13-36)30-23-22-12-21(18-7-9-34(10-8-18)17(3)37)25-33-29-14-35(25)24(22)32-16(2)31-23/h4-6,11-12,14-15,18,36H,7-10,13H2,1-3H3,(H,30,31,32)/t15-/m1/s1. The monoisotopic (exact) mass is 509 g/mol. The summed E-state index contributed by atoms with van der Waals surface area (Å²) in [6.07, 6.45) is 3.25. The number of alkyl halides is 2. The van der Waals surface area contributed by atoms with Crippen molar-refractivity contribution in [1.29, 1.82) is 0 Å². The van der Waals surface area contributed by atoms with Gasteiger partial charge in [-0.05, 0) is 50.3 Å². The Bertz CT molecular complexity index is 1460. The minimum atomic E-state index is -3.32. The summed E-state index contributed by atoms with van der Waals surface area (Å²) in [5.74, 6) is -1.93. The summed E-state index contributed by atoms with van der Waals surface area (Å²) < 4.78 is 30.0. The Morgan fingerprint density at radius 3 is 2.68 bits per heavy atom. The zero-order chi connectivity index (χ0) is 26.3. The van der Waals surface area contributed by atoms with Crippen molar-refractivity contribution in [3.05, 3.63) is 59.2 Å². The molecule has 1 aliphatic heterocycles. The molecule has 0 saturated carbocycles. The maximum atomic E-state index is 14.1. The maximum Gasteiger partial charge on any atom is 0.295 e. The number of carbonyl (C=O) groups excluding carboxylic acids is 1. The number of rotatable bonds is 6. The van der Waals surface area contributed by atoms with Gasteiger partial charge in [-0.1, -0.05) is 18.2 Å². The van der Waals surface area contributed by atoms with Crippen LogP contribution in [0.2, 0.25) is 0 Å². The van der Waals surface area contributed by atoms with Crippen LogP contribution in [0.4, 0.5) is 14.6 Å². The number of aromatic nitrogens is 5. The number of pyridine rings is 1. The van der Waals surface area contributed by atoms with Crippen molar-refractivity contribution >= 4 is 28.4 Å². The molecule has 0 unspecified atom stereocenters. The van der Waals surface area contributed by atoms with Crippen LogP contribution in [-0.4, -0.2) is 60.2 Å². The van der Waals surface area contributed by atoms with Crippen LogP contribution < -0.4 is 5.32 Å². The third-order valence-corrected chi connectivity index (χ3v) is 7.11. The molecule has 0 bridgehead atoms. The van der Waals surface area contributed by atoms with Gasteiger partial charge >= 0.3 is 0 Å². The van der Waals surface area contributed by atoms with Crippen LogP contribution in [0.5, 0.6) is 0 Å². The summed E-state index contributed by atoms with van der Waals surface area (Å²) in [5, 5.41) is 21.7. The zero-order valence-corrected chi connectivity index (χ0v) is 20.9. The molecular weight excluding hydrogens is 480 g/mol. The molecule has 1 atom stereocenters. The molecule has 0 radical (unpaired) electrons. The van der Waals surface area contributed by atoms with Crippen LogP contribution in [0.15, 0.2) is 36.7 Å². The van der Waals surface area contributed by atoms with Crippen molar-refractivity contribution in [2.75, 3.05) is 25.0 Å². The number of likely N-dealkylation sites (tertiary alicyclic amines) is 1. The van der Waals surface area contributed by atoms with E-state index in [4.69, 9.17) is 5.11 Å². The van der Waals surface area contributed by atoms with Gasteiger partial charge in [0.15, 0.2) is 11.3 Å². The van der Waals surface area contributed by atoms with E-state index >= 15 is 0 Å². The number of carbonyl (C=O) groups is 1. The number of halogens is 2. The summed E-state index contributed by atoms with van der Waals surface area (Å²) >= 11 is 0. The van der Waals surface area contributed by atoms with Gasteiger partial charge in [-0.2, -0.15) is 8.78 Å². The third-order valence-electron chi connectivity index (χ3n) is 7.11. The predicted molar refractivity (Wildman–Crippen MR) is 135 cm³/mol. The summed E-state index contributed by atoms with van der Waals surface area (Å²) in [5.41, 5.74) is 2.78. The first-order chi connectivity index (χ1) is 17.7. The molecule has 9 nitrogen and oxygen atoms in total. The van der Waals surface area contributed by atoms with Crippen LogP contribution >= 0.6 is 0 Å². The zero-order valence-electron chi connectivity index (χ0n) is 20.9. The summed E-state index contributed by atoms with van der Waals surface area (Å²) in [6, 6.07) is 7.71. The maximum absolute atomic E-state index is 14.1. The average Bonchev–Trinajstić information content (AvgIpc) is 3.39. The fourth-order valence-electron chi connectivity index (χ4n) is 5.02. The lowest BCUT2D eigenvalue weighted by molar-refractivity contribution is -0.129. The lowest BCUT2D eigenvalue weighted by Gasteiger charge is -2.31. The Kier molecular flexibility index (Phi) is 6.49. The smallest absolute Gasteiger partial charge is 0.295 e. The highest BCUT2D eigenvalue weighted by Crippen LogP contribution is 2.35. The number of nitrogens with zero attached hydrogens (tertiary/aromatic N) is 6. The lowest BCUT2D eigenvalue weighted by Crippen LogP contribution is -2.36. The van der Waals surface area contributed by atoms with Crippen molar-refractivity contribution in [3.63, 3.8) is 0 Å². The van der Waals surface area contributed by atoms with Gasteiger partial charge in [0.1, 0.15) is 24.6 Å². The van der Waals surface area contributed by atoms with Crippen LogP contribution in [0.25, 0.3) is 16.7 Å². The lowest BCUT2D eigenvalue weighted by atomic mass is 9.89. The summed E-state index contributed by atoms with van der Waals surface area (Å²) in [7, 11) is 0. The van der Waals surface area contributed by atoms with Gasteiger partial charge in [-0.25, -0.2) is 9.97 Å². The van der Waals surface area contributed by atoms with E-state index in [1.165, 1.54) is 12.1 Å². The Hall–Kier alpha value is -3.73. The molecule has 1 aliphatic rings. The quantitative estimate of drug-likeness (QED) is 0.405. The van der Waals surface area contributed by atoms with Crippen molar-refractivity contribution in [2.45, 2.75) is 51.5 Å². The minimum absolute atomic E-state index is 0.0785. The Morgan fingerprint density at radius 1 is 1.22 bits per heavy atom. The molecule has 4 heterocycles. The van der Waals surface area contributed by atoms with E-state index in [2.05, 4.69) is 25.5 Å². The number of aryl methyl sites for hydroxylation is 1. The number of hydrogen-bond donors (Lipinski definition) is 2. The second kappa shape index (κ2) is 9.62. The highest BCUT2D eigenvalue weighted by Gasteiger charge is 2.31. The molecule has 1 aromatic carbocycles. The van der Waals surface area contributed by atoms with Gasteiger partial charge in [-0.15, -0.1) is 10.2 Å². The topological polar surface area (TPSA) is 109 Å². The van der Waals surface area contributed by atoms with Crippen molar-refractivity contribution in [3.8, 4) is 0 Å². The number of aliphatic hydroxyl groups is 1. The highest BCUT2D eigenvalue weighted by molar-refractivity contribution is 5.90. The van der Waals surface area contributed by atoms with Crippen molar-refractivity contribution in [2.24, 2.45) is 0 Å². The van der Waals surface area contributed by atoms with E-state index in [1.807, 2.05) is 22.3 Å². The number of anilines is 1. The predicted octanol–water partition coefficient (Wildman–Crippen LogP) is 3.96. The number of fused-ring (bicyclic) bond motifs is 3. The van der Waals surface area contributed by atoms with Gasteiger partial charge < -0.3 is 15.3 Å².